The van der Waals surface area contributed by atoms with Crippen molar-refractivity contribution in [3.05, 3.63) is 76.6 Å². The van der Waals surface area contributed by atoms with E-state index in [4.69, 9.17) is 4.74 Å². The number of nitrogens with one attached hydrogen (secondary N) is 1. The standard InChI is InChI=1S/C27H26F3N3O4.ClH/c1-2-37-26(36)20-14-23(24(34)17-4-3-5-19(12-17)27(28,29)30)33-11-8-18(13-22(20)33)25(35)31-21-15-32-9-6-16(21)7-10-32;/h3-5,8,11-14,16,21H,2,6-7,9-10,15H2,1H3,(H,31,35);1H/t21-;/m0./s1. The number of pyridine rings is 1. The zero-order valence-corrected chi connectivity index (χ0v) is 21.4. The van der Waals surface area contributed by atoms with Crippen molar-refractivity contribution in [3.8, 4) is 0 Å². The molecule has 1 aromatic carbocycles. The van der Waals surface area contributed by atoms with Crippen LogP contribution in [0, 0.1) is 5.92 Å². The van der Waals surface area contributed by atoms with Crippen LogP contribution in [0.15, 0.2) is 48.7 Å². The van der Waals surface area contributed by atoms with Crippen molar-refractivity contribution >= 4 is 35.6 Å². The minimum Gasteiger partial charge on any atom is -0.462 e. The molecule has 3 aliphatic rings. The first kappa shape index (κ1) is 27.7. The maximum atomic E-state index is 13.3. The smallest absolute Gasteiger partial charge is 0.416 e. The summed E-state index contributed by atoms with van der Waals surface area (Å²) in [5.41, 5.74) is -0.511. The van der Waals surface area contributed by atoms with Crippen LogP contribution in [-0.4, -0.2) is 59.2 Å². The molecule has 1 atom stereocenters. The summed E-state index contributed by atoms with van der Waals surface area (Å²) in [7, 11) is 0. The van der Waals surface area contributed by atoms with Gasteiger partial charge in [0.25, 0.3) is 5.91 Å². The van der Waals surface area contributed by atoms with Crippen molar-refractivity contribution in [3.63, 3.8) is 0 Å². The number of hydrogen-bond donors (Lipinski definition) is 1. The number of carbonyl (C=O) groups excluding carboxylic acids is 3. The number of piperidine rings is 3. The molecule has 0 unspecified atom stereocenters. The highest BCUT2D eigenvalue weighted by Crippen LogP contribution is 2.31. The lowest BCUT2D eigenvalue weighted by molar-refractivity contribution is -0.137. The second-order valence-electron chi connectivity index (χ2n) is 9.46. The molecule has 0 saturated carbocycles. The molecule has 0 aliphatic carbocycles. The summed E-state index contributed by atoms with van der Waals surface area (Å²) < 4.78 is 46.1. The molecule has 3 aliphatic heterocycles. The molecule has 0 spiro atoms. The fourth-order valence-electron chi connectivity index (χ4n) is 5.25. The molecule has 1 N–H and O–H groups in total. The van der Waals surface area contributed by atoms with E-state index >= 15 is 0 Å². The molecule has 3 aromatic rings. The number of alkyl halides is 3. The molecule has 3 saturated heterocycles. The van der Waals surface area contributed by atoms with E-state index in [0.717, 1.165) is 50.7 Å². The van der Waals surface area contributed by atoms with Crippen LogP contribution in [0.25, 0.3) is 5.52 Å². The SMILES string of the molecule is CCOC(=O)c1cc(C(=O)c2cccc(C(F)(F)F)c2)n2ccc(C(=O)N[C@H]3CN4CCC3CC4)cc12.Cl. The minimum absolute atomic E-state index is 0. The fraction of sp³-hybridized carbons (Fsp3) is 0.370. The molecule has 0 radical (unpaired) electrons. The third-order valence-corrected chi connectivity index (χ3v) is 7.19. The number of esters is 1. The highest BCUT2D eigenvalue weighted by atomic mass is 35.5. The number of aromatic nitrogens is 1. The first-order valence-electron chi connectivity index (χ1n) is 12.2. The van der Waals surface area contributed by atoms with Gasteiger partial charge in [-0.25, -0.2) is 4.79 Å². The van der Waals surface area contributed by atoms with Gasteiger partial charge in [0.05, 0.1) is 28.9 Å². The summed E-state index contributed by atoms with van der Waals surface area (Å²) in [5, 5.41) is 3.10. The Hall–Kier alpha value is -3.37. The molecule has 7 nitrogen and oxygen atoms in total. The number of fused-ring (bicyclic) bond motifs is 4. The van der Waals surface area contributed by atoms with Crippen LogP contribution in [0.5, 0.6) is 0 Å². The van der Waals surface area contributed by atoms with Crippen LogP contribution in [0.1, 0.15) is 62.1 Å². The number of ketones is 1. The molecule has 2 bridgehead atoms. The first-order chi connectivity index (χ1) is 17.7. The van der Waals surface area contributed by atoms with Crippen LogP contribution >= 0.6 is 12.4 Å². The predicted molar refractivity (Wildman–Crippen MR) is 136 cm³/mol. The highest BCUT2D eigenvalue weighted by Gasteiger charge is 2.35. The van der Waals surface area contributed by atoms with Crippen LogP contribution in [0.3, 0.4) is 0 Å². The zero-order chi connectivity index (χ0) is 26.3. The van der Waals surface area contributed by atoms with E-state index in [2.05, 4.69) is 10.2 Å². The Balaban J connectivity index is 0.00000336. The predicted octanol–water partition coefficient (Wildman–Crippen LogP) is 4.61. The Morgan fingerprint density at radius 1 is 1.05 bits per heavy atom. The van der Waals surface area contributed by atoms with E-state index in [1.165, 1.54) is 34.9 Å². The van der Waals surface area contributed by atoms with E-state index in [-0.39, 0.29) is 53.3 Å². The number of hydrogen-bond acceptors (Lipinski definition) is 5. The van der Waals surface area contributed by atoms with Gasteiger partial charge in [0, 0.05) is 29.9 Å². The van der Waals surface area contributed by atoms with E-state index in [0.29, 0.717) is 11.5 Å². The Kier molecular flexibility index (Phi) is 7.85. The molecule has 202 valence electrons. The maximum absolute atomic E-state index is 13.3. The van der Waals surface area contributed by atoms with Gasteiger partial charge in [-0.15, -0.1) is 12.4 Å². The van der Waals surface area contributed by atoms with Gasteiger partial charge in [0.1, 0.15) is 0 Å². The lowest BCUT2D eigenvalue weighted by Gasteiger charge is -2.44. The highest BCUT2D eigenvalue weighted by molar-refractivity contribution is 6.11. The molecule has 11 heteroatoms. The third-order valence-electron chi connectivity index (χ3n) is 7.19. The molecular formula is C27H27ClF3N3O4. The van der Waals surface area contributed by atoms with Crippen molar-refractivity contribution < 1.29 is 32.3 Å². The van der Waals surface area contributed by atoms with Crippen LogP contribution in [0.2, 0.25) is 0 Å². The topological polar surface area (TPSA) is 80.1 Å². The van der Waals surface area contributed by atoms with Crippen LogP contribution < -0.4 is 5.32 Å². The largest absolute Gasteiger partial charge is 0.462 e. The van der Waals surface area contributed by atoms with Gasteiger partial charge in [-0.2, -0.15) is 13.2 Å². The van der Waals surface area contributed by atoms with Crippen LogP contribution in [-0.2, 0) is 10.9 Å². The fourth-order valence-corrected chi connectivity index (χ4v) is 5.25. The van der Waals surface area contributed by atoms with E-state index in [9.17, 15) is 27.6 Å². The Bertz CT molecular complexity index is 1380. The van der Waals surface area contributed by atoms with Crippen molar-refractivity contribution in [2.45, 2.75) is 32.0 Å². The average Bonchev–Trinajstić information content (AvgIpc) is 3.28. The van der Waals surface area contributed by atoms with Crippen LogP contribution in [0.4, 0.5) is 13.2 Å². The number of nitrogens with zero attached hydrogens (tertiary/aromatic N) is 2. The molecular weight excluding hydrogens is 523 g/mol. The lowest BCUT2D eigenvalue weighted by atomic mass is 9.84. The first-order valence-corrected chi connectivity index (χ1v) is 12.2. The summed E-state index contributed by atoms with van der Waals surface area (Å²) in [5.74, 6) is -1.25. The molecule has 5 heterocycles. The second-order valence-corrected chi connectivity index (χ2v) is 9.46. The molecule has 2 aromatic heterocycles. The molecule has 1 amide bonds. The number of rotatable bonds is 6. The number of ether oxygens (including phenoxy) is 1. The van der Waals surface area contributed by atoms with E-state index < -0.39 is 23.5 Å². The van der Waals surface area contributed by atoms with Gasteiger partial charge in [-0.05, 0) is 69.1 Å². The van der Waals surface area contributed by atoms with Gasteiger partial charge in [0.2, 0.25) is 5.78 Å². The molecule has 38 heavy (non-hydrogen) atoms. The summed E-state index contributed by atoms with van der Waals surface area (Å²) >= 11 is 0. The third kappa shape index (κ3) is 5.28. The number of halogens is 4. The quantitative estimate of drug-likeness (QED) is 0.359. The minimum atomic E-state index is -4.61. The maximum Gasteiger partial charge on any atom is 0.416 e. The van der Waals surface area contributed by atoms with Gasteiger partial charge in [0.15, 0.2) is 0 Å². The van der Waals surface area contributed by atoms with Gasteiger partial charge < -0.3 is 19.4 Å². The number of amides is 1. The van der Waals surface area contributed by atoms with Crippen molar-refractivity contribution in [1.82, 2.24) is 14.6 Å². The van der Waals surface area contributed by atoms with E-state index in [1.54, 1.807) is 6.92 Å². The Morgan fingerprint density at radius 3 is 2.42 bits per heavy atom. The van der Waals surface area contributed by atoms with Gasteiger partial charge in [-0.1, -0.05) is 12.1 Å². The Morgan fingerprint density at radius 2 is 1.79 bits per heavy atom. The lowest BCUT2D eigenvalue weighted by Crippen LogP contribution is -2.57. The molecule has 6 rings (SSSR count). The van der Waals surface area contributed by atoms with E-state index in [1.807, 2.05) is 0 Å². The summed E-state index contributed by atoms with van der Waals surface area (Å²) in [6.45, 7) is 4.61. The normalized spacial score (nSPS) is 20.6. The monoisotopic (exact) mass is 549 g/mol. The summed E-state index contributed by atoms with van der Waals surface area (Å²) in [4.78, 5) is 41.4. The zero-order valence-electron chi connectivity index (χ0n) is 20.6. The average molecular weight is 550 g/mol. The van der Waals surface area contributed by atoms with Gasteiger partial charge in [-0.3, -0.25) is 9.59 Å². The molecule has 3 fully saturated rings. The Labute approximate surface area is 223 Å². The summed E-state index contributed by atoms with van der Waals surface area (Å²) in [6.07, 6.45) is -1.05. The summed E-state index contributed by atoms with van der Waals surface area (Å²) in [6, 6.07) is 8.49. The van der Waals surface area contributed by atoms with Crippen molar-refractivity contribution in [1.29, 1.82) is 0 Å². The number of benzene rings is 1. The van der Waals surface area contributed by atoms with Crippen molar-refractivity contribution in [2.75, 3.05) is 26.2 Å². The van der Waals surface area contributed by atoms with Gasteiger partial charge >= 0.3 is 12.1 Å². The van der Waals surface area contributed by atoms with Crippen molar-refractivity contribution in [2.24, 2.45) is 5.92 Å². The second kappa shape index (κ2) is 10.8. The number of carbonyl (C=O) groups is 3.